The lowest BCUT2D eigenvalue weighted by molar-refractivity contribution is 1.18. The van der Waals surface area contributed by atoms with Crippen molar-refractivity contribution >= 4 is 33.2 Å². The zero-order valence-electron chi connectivity index (χ0n) is 34.8. The molecule has 11 aromatic rings. The predicted molar refractivity (Wildman–Crippen MR) is 263 cm³/mol. The van der Waals surface area contributed by atoms with Crippen molar-refractivity contribution in [3.05, 3.63) is 237 Å². The van der Waals surface area contributed by atoms with Crippen LogP contribution in [-0.4, -0.2) is 21.6 Å². The third-order valence-corrected chi connectivity index (χ3v) is 12.0. The Kier molecular flexibility index (Phi) is 9.72. The van der Waals surface area contributed by atoms with Gasteiger partial charge in [0.25, 0.3) is 0 Å². The molecule has 0 saturated carbocycles. The second-order valence-corrected chi connectivity index (χ2v) is 15.9. The van der Waals surface area contributed by atoms with Crippen LogP contribution < -0.4 is 4.90 Å². The number of fused-ring (bicyclic) bond motifs is 3. The van der Waals surface area contributed by atoms with Crippen molar-refractivity contribution in [2.45, 2.75) is 0 Å². The van der Waals surface area contributed by atoms with Crippen molar-refractivity contribution < 1.29 is 0 Å². The molecule has 0 unspecified atom stereocenters. The first kappa shape index (κ1) is 37.6. The van der Waals surface area contributed by atoms with Gasteiger partial charge >= 0.3 is 0 Å². The van der Waals surface area contributed by atoms with Gasteiger partial charge in [0.1, 0.15) is 0 Å². The Balaban J connectivity index is 0.955. The lowest BCUT2D eigenvalue weighted by Crippen LogP contribution is -2.10. The molecular weight excluding hydrogens is 765 g/mol. The second-order valence-electron chi connectivity index (χ2n) is 15.9. The van der Waals surface area contributed by atoms with E-state index >= 15 is 0 Å². The number of aromatic nitrogens is 3. The zero-order chi connectivity index (χ0) is 42.1. The Bertz CT molecular complexity index is 3350. The van der Waals surface area contributed by atoms with E-state index in [-0.39, 0.29) is 0 Å². The summed E-state index contributed by atoms with van der Waals surface area (Å²) < 4.78 is 2.36. The van der Waals surface area contributed by atoms with Crippen LogP contribution in [-0.2, 0) is 0 Å². The van der Waals surface area contributed by atoms with Crippen LogP contribution >= 0.6 is 0 Å². The Morgan fingerprint density at radius 1 is 0.349 bits per heavy atom. The zero-order valence-corrected chi connectivity index (χ0v) is 34.8. The second kappa shape index (κ2) is 16.3. The minimum Gasteiger partial charge on any atom is -0.344 e. The fourth-order valence-corrected chi connectivity index (χ4v) is 8.92. The molecule has 0 atom stereocenters. The lowest BCUT2D eigenvalue weighted by Gasteiger charge is -2.24. The molecule has 0 aliphatic rings. The minimum atomic E-state index is 0.704. The molecule has 0 spiro atoms. The molecule has 0 fully saturated rings. The Morgan fingerprint density at radius 3 is 1.70 bits per heavy atom. The van der Waals surface area contributed by atoms with Gasteiger partial charge in [-0.15, -0.1) is 0 Å². The topological polar surface area (TPSA) is 34.0 Å². The average molecular weight is 807 g/mol. The Labute approximate surface area is 367 Å². The van der Waals surface area contributed by atoms with Crippen LogP contribution in [0.3, 0.4) is 0 Å². The van der Waals surface area contributed by atoms with Crippen LogP contribution in [0.25, 0.3) is 94.8 Å². The van der Waals surface area contributed by atoms with Crippen molar-refractivity contribution in [3.8, 4) is 73.0 Å². The van der Waals surface area contributed by atoms with Crippen LogP contribution in [0.5, 0.6) is 0 Å². The van der Waals surface area contributed by atoms with E-state index in [9.17, 15) is 0 Å². The molecule has 0 radical (unpaired) electrons. The molecule has 9 aromatic carbocycles. The Hall–Kier alpha value is -8.34. The van der Waals surface area contributed by atoms with E-state index in [4.69, 9.17) is 9.97 Å². The summed E-state index contributed by atoms with van der Waals surface area (Å²) in [5.74, 6) is 0.704. The van der Waals surface area contributed by atoms with Gasteiger partial charge in [0.15, 0.2) is 5.82 Å². The summed E-state index contributed by atoms with van der Waals surface area (Å²) in [6.07, 6.45) is 0. The van der Waals surface area contributed by atoms with Crippen LogP contribution in [0, 0.1) is 0 Å². The van der Waals surface area contributed by atoms with Gasteiger partial charge in [-0.3, -0.25) is 0 Å². The normalized spacial score (nSPS) is 11.3. The summed E-state index contributed by atoms with van der Waals surface area (Å²) in [4.78, 5) is 12.5. The van der Waals surface area contributed by atoms with Crippen molar-refractivity contribution in [2.75, 3.05) is 11.9 Å². The van der Waals surface area contributed by atoms with Gasteiger partial charge in [-0.2, -0.15) is 0 Å². The molecule has 0 saturated heterocycles. The number of para-hydroxylation sites is 3. The van der Waals surface area contributed by atoms with Crippen LogP contribution in [0.1, 0.15) is 0 Å². The minimum absolute atomic E-state index is 0.704. The van der Waals surface area contributed by atoms with E-state index in [1.165, 1.54) is 32.9 Å². The molecule has 11 rings (SSSR count). The summed E-state index contributed by atoms with van der Waals surface area (Å²) in [6.45, 7) is 0. The van der Waals surface area contributed by atoms with E-state index in [0.717, 1.165) is 67.4 Å². The number of rotatable bonds is 9. The maximum absolute atomic E-state index is 5.14. The number of hydrogen-bond donors (Lipinski definition) is 0. The van der Waals surface area contributed by atoms with Gasteiger partial charge in [0.05, 0.1) is 22.4 Å². The molecule has 0 amide bonds. The van der Waals surface area contributed by atoms with Crippen molar-refractivity contribution in [2.24, 2.45) is 0 Å². The number of anilines is 2. The standard InChI is InChI=1S/C59H42N4/c1-62(48-28-18-23-43(38-48)44-35-36-58-53(39-44)52-32-14-16-34-57(52)63(58)47-26-9-4-10-27-47)56-33-15-13-31-51(56)50-30-12-11-29-49(50)45-24-17-25-46(37-45)55-40-54(41-19-5-2-6-20-41)60-59(61-55)42-21-7-3-8-22-42/h2-40H,1H3. The summed E-state index contributed by atoms with van der Waals surface area (Å²) in [6, 6.07) is 83.9. The van der Waals surface area contributed by atoms with E-state index in [2.05, 4.69) is 229 Å². The first-order valence-corrected chi connectivity index (χ1v) is 21.4. The third-order valence-electron chi connectivity index (χ3n) is 12.0. The molecule has 4 nitrogen and oxygen atoms in total. The molecule has 2 aromatic heterocycles. The maximum atomic E-state index is 5.14. The van der Waals surface area contributed by atoms with E-state index in [1.807, 2.05) is 24.3 Å². The van der Waals surface area contributed by atoms with Crippen molar-refractivity contribution in [3.63, 3.8) is 0 Å². The smallest absolute Gasteiger partial charge is 0.160 e. The molecule has 0 aliphatic heterocycles. The van der Waals surface area contributed by atoms with Crippen LogP contribution in [0.15, 0.2) is 237 Å². The highest BCUT2D eigenvalue weighted by molar-refractivity contribution is 6.10. The monoisotopic (exact) mass is 806 g/mol. The van der Waals surface area contributed by atoms with Gasteiger partial charge in [0, 0.05) is 57.1 Å². The number of hydrogen-bond acceptors (Lipinski definition) is 3. The molecule has 298 valence electrons. The lowest BCUT2D eigenvalue weighted by atomic mass is 9.92. The van der Waals surface area contributed by atoms with Gasteiger partial charge in [-0.05, 0) is 88.5 Å². The average Bonchev–Trinajstić information content (AvgIpc) is 3.70. The first-order chi connectivity index (χ1) is 31.2. The fraction of sp³-hybridized carbons (Fsp3) is 0.0169. The SMILES string of the molecule is CN(c1cccc(-c2ccc3c(c2)c2ccccc2n3-c2ccccc2)c1)c1ccccc1-c1ccccc1-c1cccc(-c2cc(-c3ccccc3)nc(-c3ccccc3)n2)c1. The first-order valence-electron chi connectivity index (χ1n) is 21.4. The van der Waals surface area contributed by atoms with Gasteiger partial charge in [-0.1, -0.05) is 176 Å². The molecular formula is C59H42N4. The highest BCUT2D eigenvalue weighted by Gasteiger charge is 2.18. The number of nitrogens with zero attached hydrogens (tertiary/aromatic N) is 4. The third kappa shape index (κ3) is 7.14. The molecule has 0 bridgehead atoms. The molecule has 4 heteroatoms. The summed E-state index contributed by atoms with van der Waals surface area (Å²) >= 11 is 0. The predicted octanol–water partition coefficient (Wildman–Crippen LogP) is 15.3. The summed E-state index contributed by atoms with van der Waals surface area (Å²) in [5, 5.41) is 2.49. The highest BCUT2D eigenvalue weighted by Crippen LogP contribution is 2.42. The van der Waals surface area contributed by atoms with Crippen molar-refractivity contribution in [1.29, 1.82) is 0 Å². The van der Waals surface area contributed by atoms with Gasteiger partial charge in [0.2, 0.25) is 0 Å². The number of benzene rings is 9. The largest absolute Gasteiger partial charge is 0.344 e. The van der Waals surface area contributed by atoms with E-state index < -0.39 is 0 Å². The van der Waals surface area contributed by atoms with Crippen molar-refractivity contribution in [1.82, 2.24) is 14.5 Å². The Morgan fingerprint density at radius 2 is 0.905 bits per heavy atom. The quantitative estimate of drug-likeness (QED) is 0.146. The molecule has 2 heterocycles. The molecule has 63 heavy (non-hydrogen) atoms. The van der Waals surface area contributed by atoms with E-state index in [1.54, 1.807) is 0 Å². The summed E-state index contributed by atoms with van der Waals surface area (Å²) in [5.41, 5.74) is 17.6. The highest BCUT2D eigenvalue weighted by atomic mass is 15.1. The van der Waals surface area contributed by atoms with Gasteiger partial charge < -0.3 is 9.47 Å². The van der Waals surface area contributed by atoms with Crippen LogP contribution in [0.2, 0.25) is 0 Å². The molecule has 0 N–H and O–H groups in total. The van der Waals surface area contributed by atoms with E-state index in [0.29, 0.717) is 5.82 Å². The molecule has 0 aliphatic carbocycles. The van der Waals surface area contributed by atoms with Crippen LogP contribution in [0.4, 0.5) is 11.4 Å². The maximum Gasteiger partial charge on any atom is 0.160 e. The van der Waals surface area contributed by atoms with Gasteiger partial charge in [-0.25, -0.2) is 9.97 Å². The summed E-state index contributed by atoms with van der Waals surface area (Å²) in [7, 11) is 2.17. The fourth-order valence-electron chi connectivity index (χ4n) is 8.92.